The van der Waals surface area contributed by atoms with E-state index in [9.17, 15) is 9.59 Å². The van der Waals surface area contributed by atoms with Gasteiger partial charge in [0.2, 0.25) is 0 Å². The number of quaternary nitrogens is 1. The number of ether oxygens (including phenoxy) is 1. The van der Waals surface area contributed by atoms with Crippen molar-refractivity contribution in [3.63, 3.8) is 0 Å². The SMILES string of the molecule is COC(=O)c1c(NC(=O)C[NH+]2CCC[C@H]2c2cccn2C)sc(C)c1C. The molecule has 26 heavy (non-hydrogen) atoms. The van der Waals surface area contributed by atoms with Crippen LogP contribution in [0.4, 0.5) is 5.00 Å². The van der Waals surface area contributed by atoms with Crippen LogP contribution in [-0.2, 0) is 16.6 Å². The Kier molecular flexibility index (Phi) is 5.48. The highest BCUT2D eigenvalue weighted by molar-refractivity contribution is 7.16. The van der Waals surface area contributed by atoms with E-state index in [2.05, 4.69) is 16.0 Å². The lowest BCUT2D eigenvalue weighted by Crippen LogP contribution is -3.11. The number of esters is 1. The average Bonchev–Trinajstić information content (AvgIpc) is 3.28. The van der Waals surface area contributed by atoms with E-state index < -0.39 is 5.97 Å². The van der Waals surface area contributed by atoms with E-state index in [1.807, 2.05) is 33.2 Å². The number of methoxy groups -OCH3 is 1. The van der Waals surface area contributed by atoms with Gasteiger partial charge in [-0.1, -0.05) is 0 Å². The Labute approximate surface area is 157 Å². The third-order valence-corrected chi connectivity index (χ3v) is 6.36. The normalized spacial score (nSPS) is 19.5. The number of carbonyl (C=O) groups is 2. The molecule has 7 heteroatoms. The molecule has 3 rings (SSSR count). The summed E-state index contributed by atoms with van der Waals surface area (Å²) in [7, 11) is 3.41. The first-order valence-electron chi connectivity index (χ1n) is 8.86. The molecule has 2 aromatic rings. The third-order valence-electron chi connectivity index (χ3n) is 5.24. The van der Waals surface area contributed by atoms with Crippen LogP contribution in [0.3, 0.4) is 0 Å². The second kappa shape index (κ2) is 7.63. The minimum atomic E-state index is -0.405. The van der Waals surface area contributed by atoms with E-state index >= 15 is 0 Å². The summed E-state index contributed by atoms with van der Waals surface area (Å²) < 4.78 is 7.01. The average molecular weight is 377 g/mol. The van der Waals surface area contributed by atoms with Crippen LogP contribution < -0.4 is 10.2 Å². The van der Waals surface area contributed by atoms with Crippen molar-refractivity contribution in [1.29, 1.82) is 0 Å². The van der Waals surface area contributed by atoms with Crippen LogP contribution >= 0.6 is 11.3 Å². The lowest BCUT2D eigenvalue weighted by molar-refractivity contribution is -0.910. The summed E-state index contributed by atoms with van der Waals surface area (Å²) >= 11 is 1.43. The van der Waals surface area contributed by atoms with E-state index in [1.54, 1.807) is 0 Å². The molecule has 1 amide bonds. The number of aromatic nitrogens is 1. The molecular weight excluding hydrogens is 350 g/mol. The predicted octanol–water partition coefficient (Wildman–Crippen LogP) is 1.85. The van der Waals surface area contributed by atoms with Crippen LogP contribution in [0.25, 0.3) is 0 Å². The number of nitrogens with one attached hydrogen (secondary N) is 2. The molecule has 140 valence electrons. The molecule has 2 N–H and O–H groups in total. The number of likely N-dealkylation sites (tertiary alicyclic amines) is 1. The minimum Gasteiger partial charge on any atom is -0.465 e. The standard InChI is InChI=1S/C19H25N3O3S/c1-12-13(2)26-18(17(12)19(24)25-4)20-16(23)11-22-10-6-8-15(22)14-7-5-9-21(14)3/h5,7,9,15H,6,8,10-11H2,1-4H3,(H,20,23)/p+1/t15-/m0/s1. The van der Waals surface area contributed by atoms with Crippen molar-refractivity contribution < 1.29 is 19.2 Å². The van der Waals surface area contributed by atoms with Gasteiger partial charge in [-0.15, -0.1) is 11.3 Å². The van der Waals surface area contributed by atoms with Gasteiger partial charge in [0.25, 0.3) is 5.91 Å². The van der Waals surface area contributed by atoms with Gasteiger partial charge in [-0.3, -0.25) is 4.79 Å². The van der Waals surface area contributed by atoms with Crippen molar-refractivity contribution in [1.82, 2.24) is 4.57 Å². The van der Waals surface area contributed by atoms with Crippen LogP contribution in [-0.4, -0.2) is 36.6 Å². The van der Waals surface area contributed by atoms with Gasteiger partial charge >= 0.3 is 5.97 Å². The number of carbonyl (C=O) groups excluding carboxylic acids is 2. The van der Waals surface area contributed by atoms with Crippen LogP contribution in [0.1, 0.15) is 45.4 Å². The molecule has 2 atom stereocenters. The highest BCUT2D eigenvalue weighted by Crippen LogP contribution is 2.32. The summed E-state index contributed by atoms with van der Waals surface area (Å²) in [5.41, 5.74) is 2.61. The molecule has 0 aliphatic carbocycles. The van der Waals surface area contributed by atoms with E-state index in [0.717, 1.165) is 29.8 Å². The highest BCUT2D eigenvalue weighted by Gasteiger charge is 2.33. The first-order chi connectivity index (χ1) is 12.4. The number of thiophene rings is 1. The summed E-state index contributed by atoms with van der Waals surface area (Å²) in [6, 6.07) is 4.52. The molecule has 2 aromatic heterocycles. The van der Waals surface area contributed by atoms with Crippen molar-refractivity contribution in [2.45, 2.75) is 32.7 Å². The second-order valence-electron chi connectivity index (χ2n) is 6.85. The van der Waals surface area contributed by atoms with Gasteiger partial charge in [0.05, 0.1) is 24.9 Å². The molecular formula is C19H26N3O3S+. The Morgan fingerprint density at radius 3 is 2.85 bits per heavy atom. The fourth-order valence-electron chi connectivity index (χ4n) is 3.76. The predicted molar refractivity (Wildman–Crippen MR) is 102 cm³/mol. The van der Waals surface area contributed by atoms with Gasteiger partial charge in [0.1, 0.15) is 11.0 Å². The molecule has 1 unspecified atom stereocenters. The van der Waals surface area contributed by atoms with E-state index in [1.165, 1.54) is 29.0 Å². The molecule has 1 fully saturated rings. The lowest BCUT2D eigenvalue weighted by Gasteiger charge is -2.21. The Bertz CT molecular complexity index is 824. The Morgan fingerprint density at radius 1 is 1.42 bits per heavy atom. The smallest absolute Gasteiger partial charge is 0.341 e. The van der Waals surface area contributed by atoms with Crippen LogP contribution in [0.15, 0.2) is 18.3 Å². The van der Waals surface area contributed by atoms with E-state index in [4.69, 9.17) is 4.74 Å². The monoisotopic (exact) mass is 376 g/mol. The minimum absolute atomic E-state index is 0.0625. The van der Waals surface area contributed by atoms with Crippen LogP contribution in [0.2, 0.25) is 0 Å². The second-order valence-corrected chi connectivity index (χ2v) is 8.08. The number of anilines is 1. The summed E-state index contributed by atoms with van der Waals surface area (Å²) in [5.74, 6) is -0.468. The van der Waals surface area contributed by atoms with Gasteiger partial charge < -0.3 is 19.5 Å². The molecule has 1 saturated heterocycles. The third kappa shape index (κ3) is 3.54. The Morgan fingerprint density at radius 2 is 2.19 bits per heavy atom. The molecule has 1 aliphatic rings. The van der Waals surface area contributed by atoms with Gasteiger partial charge in [0.15, 0.2) is 6.54 Å². The quantitative estimate of drug-likeness (QED) is 0.783. The van der Waals surface area contributed by atoms with Crippen molar-refractivity contribution in [2.75, 3.05) is 25.5 Å². The number of aryl methyl sites for hydroxylation is 2. The number of nitrogens with zero attached hydrogens (tertiary/aromatic N) is 1. The molecule has 0 bridgehead atoms. The molecule has 0 spiro atoms. The zero-order chi connectivity index (χ0) is 18.8. The zero-order valence-electron chi connectivity index (χ0n) is 15.7. The van der Waals surface area contributed by atoms with Crippen LogP contribution in [0, 0.1) is 13.8 Å². The Balaban J connectivity index is 1.72. The molecule has 0 aromatic carbocycles. The maximum atomic E-state index is 12.7. The fraction of sp³-hybridized carbons (Fsp3) is 0.474. The van der Waals surface area contributed by atoms with Gasteiger partial charge in [-0.25, -0.2) is 4.79 Å². The molecule has 0 radical (unpaired) electrons. The maximum Gasteiger partial charge on any atom is 0.341 e. The molecule has 0 saturated carbocycles. The van der Waals surface area contributed by atoms with Crippen LogP contribution in [0.5, 0.6) is 0 Å². The van der Waals surface area contributed by atoms with Gasteiger partial charge in [-0.2, -0.15) is 0 Å². The first-order valence-corrected chi connectivity index (χ1v) is 9.68. The number of rotatable bonds is 5. The topological polar surface area (TPSA) is 64.8 Å². The number of amides is 1. The zero-order valence-corrected chi connectivity index (χ0v) is 16.5. The van der Waals surface area contributed by atoms with Crippen molar-refractivity contribution >= 4 is 28.2 Å². The van der Waals surface area contributed by atoms with Crippen molar-refractivity contribution in [3.05, 3.63) is 40.0 Å². The summed E-state index contributed by atoms with van der Waals surface area (Å²) in [4.78, 5) is 27.0. The van der Waals surface area contributed by atoms with E-state index in [-0.39, 0.29) is 5.91 Å². The number of hydrogen-bond donors (Lipinski definition) is 2. The van der Waals surface area contributed by atoms with Gasteiger partial charge in [-0.05, 0) is 31.5 Å². The first kappa shape index (κ1) is 18.7. The summed E-state index contributed by atoms with van der Waals surface area (Å²) in [6.07, 6.45) is 4.25. The fourth-order valence-corrected chi connectivity index (χ4v) is 4.82. The lowest BCUT2D eigenvalue weighted by atomic mass is 10.1. The van der Waals surface area contributed by atoms with E-state index in [0.29, 0.717) is 23.2 Å². The Hall–Kier alpha value is -2.12. The largest absolute Gasteiger partial charge is 0.465 e. The maximum absolute atomic E-state index is 12.7. The summed E-state index contributed by atoms with van der Waals surface area (Å²) in [6.45, 7) is 5.20. The van der Waals surface area contributed by atoms with Crippen molar-refractivity contribution in [2.24, 2.45) is 7.05 Å². The molecule has 3 heterocycles. The molecule has 6 nitrogen and oxygen atoms in total. The van der Waals surface area contributed by atoms with Gasteiger partial charge in [0, 0.05) is 31.0 Å². The highest BCUT2D eigenvalue weighted by atomic mass is 32.1. The van der Waals surface area contributed by atoms with Crippen molar-refractivity contribution in [3.8, 4) is 0 Å². The molecule has 1 aliphatic heterocycles. The summed E-state index contributed by atoms with van der Waals surface area (Å²) in [5, 5.41) is 3.53. The number of hydrogen-bond acceptors (Lipinski definition) is 4.